The van der Waals surface area contributed by atoms with E-state index in [2.05, 4.69) is 37.4 Å². The van der Waals surface area contributed by atoms with Gasteiger partial charge in [-0.3, -0.25) is 4.79 Å². The van der Waals surface area contributed by atoms with Crippen LogP contribution < -0.4 is 5.32 Å². The Balaban J connectivity index is 1.97. The molecule has 0 bridgehead atoms. The highest BCUT2D eigenvalue weighted by molar-refractivity contribution is 6.22. The Hall–Kier alpha value is -1.80. The van der Waals surface area contributed by atoms with Gasteiger partial charge in [0.05, 0.1) is 5.38 Å². The van der Waals surface area contributed by atoms with Gasteiger partial charge in [0, 0.05) is 12.1 Å². The zero-order valence-corrected chi connectivity index (χ0v) is 13.0. The lowest BCUT2D eigenvalue weighted by Crippen LogP contribution is -2.19. The zero-order valence-electron chi connectivity index (χ0n) is 12.2. The molecule has 0 aromatic heterocycles. The van der Waals surface area contributed by atoms with Gasteiger partial charge in [0.1, 0.15) is 0 Å². The standard InChI is InChI=1S/C18H18ClNO/c1-11-4-3-5-15(12(11)2)18(19)14-6-8-16-13(10-14)7-9-17(21)20-16/h3-6,8,10,18H,7,9H2,1-2H3,(H,20,21). The monoisotopic (exact) mass is 299 g/mol. The number of hydrogen-bond acceptors (Lipinski definition) is 1. The summed E-state index contributed by atoms with van der Waals surface area (Å²) < 4.78 is 0. The molecule has 1 atom stereocenters. The van der Waals surface area contributed by atoms with Gasteiger partial charge in [-0.15, -0.1) is 11.6 Å². The lowest BCUT2D eigenvalue weighted by Gasteiger charge is -2.20. The van der Waals surface area contributed by atoms with Crippen LogP contribution >= 0.6 is 11.6 Å². The van der Waals surface area contributed by atoms with Gasteiger partial charge < -0.3 is 5.32 Å². The molecule has 1 amide bonds. The number of aryl methyl sites for hydroxylation is 2. The molecule has 3 rings (SSSR count). The lowest BCUT2D eigenvalue weighted by molar-refractivity contribution is -0.116. The van der Waals surface area contributed by atoms with Crippen molar-refractivity contribution < 1.29 is 4.79 Å². The molecule has 1 aliphatic rings. The molecule has 1 unspecified atom stereocenters. The van der Waals surface area contributed by atoms with Crippen LogP contribution in [0.2, 0.25) is 0 Å². The minimum Gasteiger partial charge on any atom is -0.326 e. The molecule has 0 aliphatic carbocycles. The highest BCUT2D eigenvalue weighted by Gasteiger charge is 2.19. The number of benzene rings is 2. The van der Waals surface area contributed by atoms with Gasteiger partial charge in [-0.05, 0) is 54.2 Å². The Morgan fingerprint density at radius 1 is 1.14 bits per heavy atom. The Labute approximate surface area is 130 Å². The fourth-order valence-electron chi connectivity index (χ4n) is 2.79. The first-order valence-electron chi connectivity index (χ1n) is 7.19. The number of alkyl halides is 1. The molecule has 2 aromatic rings. The highest BCUT2D eigenvalue weighted by Crippen LogP contribution is 2.34. The third-order valence-electron chi connectivity index (χ3n) is 4.24. The van der Waals surface area contributed by atoms with Crippen LogP contribution in [-0.4, -0.2) is 5.91 Å². The Bertz CT molecular complexity index is 708. The van der Waals surface area contributed by atoms with Crippen LogP contribution in [0.1, 0.15) is 39.6 Å². The first-order chi connectivity index (χ1) is 10.1. The van der Waals surface area contributed by atoms with E-state index in [-0.39, 0.29) is 11.3 Å². The first-order valence-corrected chi connectivity index (χ1v) is 7.63. The average molecular weight is 300 g/mol. The third-order valence-corrected chi connectivity index (χ3v) is 4.72. The van der Waals surface area contributed by atoms with Crippen molar-refractivity contribution in [2.75, 3.05) is 5.32 Å². The van der Waals surface area contributed by atoms with Crippen molar-refractivity contribution in [3.8, 4) is 0 Å². The molecule has 0 saturated heterocycles. The second kappa shape index (κ2) is 5.53. The maximum atomic E-state index is 11.4. The summed E-state index contributed by atoms with van der Waals surface area (Å²) in [6.07, 6.45) is 1.33. The van der Waals surface area contributed by atoms with Crippen molar-refractivity contribution in [2.45, 2.75) is 32.1 Å². The van der Waals surface area contributed by atoms with Gasteiger partial charge in [0.25, 0.3) is 0 Å². The second-order valence-electron chi connectivity index (χ2n) is 5.62. The van der Waals surface area contributed by atoms with Gasteiger partial charge in [-0.2, -0.15) is 0 Å². The van der Waals surface area contributed by atoms with Crippen molar-refractivity contribution >= 4 is 23.2 Å². The number of amides is 1. The maximum Gasteiger partial charge on any atom is 0.224 e. The van der Waals surface area contributed by atoms with E-state index in [4.69, 9.17) is 11.6 Å². The van der Waals surface area contributed by atoms with Gasteiger partial charge in [-0.1, -0.05) is 30.3 Å². The van der Waals surface area contributed by atoms with Gasteiger partial charge in [0.15, 0.2) is 0 Å². The summed E-state index contributed by atoms with van der Waals surface area (Å²) >= 11 is 6.69. The summed E-state index contributed by atoms with van der Waals surface area (Å²) in [6, 6.07) is 12.3. The van der Waals surface area contributed by atoms with E-state index in [9.17, 15) is 4.79 Å². The smallest absolute Gasteiger partial charge is 0.224 e. The van der Waals surface area contributed by atoms with Crippen LogP contribution in [0.15, 0.2) is 36.4 Å². The van der Waals surface area contributed by atoms with Crippen molar-refractivity contribution in [1.29, 1.82) is 0 Å². The molecule has 0 radical (unpaired) electrons. The summed E-state index contributed by atoms with van der Waals surface area (Å²) in [5, 5.41) is 2.74. The summed E-state index contributed by atoms with van der Waals surface area (Å²) in [4.78, 5) is 11.4. The summed E-state index contributed by atoms with van der Waals surface area (Å²) in [7, 11) is 0. The Kier molecular flexibility index (Phi) is 3.73. The summed E-state index contributed by atoms with van der Waals surface area (Å²) in [5.74, 6) is 0.0900. The third kappa shape index (κ3) is 2.68. The number of halogens is 1. The molecule has 0 saturated carbocycles. The van der Waals surface area contributed by atoms with Crippen molar-refractivity contribution in [3.63, 3.8) is 0 Å². The number of rotatable bonds is 2. The minimum atomic E-state index is -0.159. The van der Waals surface area contributed by atoms with Crippen molar-refractivity contribution in [2.24, 2.45) is 0 Å². The van der Waals surface area contributed by atoms with Crippen molar-refractivity contribution in [3.05, 3.63) is 64.2 Å². The van der Waals surface area contributed by atoms with E-state index < -0.39 is 0 Å². The van der Waals surface area contributed by atoms with E-state index >= 15 is 0 Å². The molecular weight excluding hydrogens is 282 g/mol. The van der Waals surface area contributed by atoms with E-state index in [0.717, 1.165) is 23.2 Å². The fraction of sp³-hybridized carbons (Fsp3) is 0.278. The van der Waals surface area contributed by atoms with Gasteiger partial charge in [-0.25, -0.2) is 0 Å². The number of hydrogen-bond donors (Lipinski definition) is 1. The predicted octanol–water partition coefficient (Wildman–Crippen LogP) is 4.52. The SMILES string of the molecule is Cc1cccc(C(Cl)c2ccc3c(c2)CCC(=O)N3)c1C. The summed E-state index contributed by atoms with van der Waals surface area (Å²) in [6.45, 7) is 4.21. The maximum absolute atomic E-state index is 11.4. The Morgan fingerprint density at radius 2 is 1.95 bits per heavy atom. The number of fused-ring (bicyclic) bond motifs is 1. The van der Waals surface area contributed by atoms with E-state index in [0.29, 0.717) is 6.42 Å². The van der Waals surface area contributed by atoms with Crippen LogP contribution in [0.3, 0.4) is 0 Å². The predicted molar refractivity (Wildman–Crippen MR) is 87.0 cm³/mol. The zero-order chi connectivity index (χ0) is 15.0. The van der Waals surface area contributed by atoms with Gasteiger partial charge in [0.2, 0.25) is 5.91 Å². The molecular formula is C18H18ClNO. The van der Waals surface area contributed by atoms with E-state index in [1.165, 1.54) is 16.7 Å². The van der Waals surface area contributed by atoms with E-state index in [1.807, 2.05) is 18.2 Å². The number of carbonyl (C=O) groups excluding carboxylic acids is 1. The van der Waals surface area contributed by atoms with Crippen molar-refractivity contribution in [1.82, 2.24) is 0 Å². The van der Waals surface area contributed by atoms with Crippen LogP contribution in [0.4, 0.5) is 5.69 Å². The first kappa shape index (κ1) is 14.2. The second-order valence-corrected chi connectivity index (χ2v) is 6.05. The number of nitrogens with one attached hydrogen (secondary N) is 1. The molecule has 0 fully saturated rings. The molecule has 1 aliphatic heterocycles. The normalized spacial score (nSPS) is 15.3. The lowest BCUT2D eigenvalue weighted by atomic mass is 9.94. The minimum absolute atomic E-state index is 0.0900. The summed E-state index contributed by atoms with van der Waals surface area (Å²) in [5.41, 5.74) is 6.81. The van der Waals surface area contributed by atoms with E-state index in [1.54, 1.807) is 0 Å². The quantitative estimate of drug-likeness (QED) is 0.812. The molecule has 1 N–H and O–H groups in total. The number of anilines is 1. The average Bonchev–Trinajstić information content (AvgIpc) is 2.49. The largest absolute Gasteiger partial charge is 0.326 e. The Morgan fingerprint density at radius 3 is 2.76 bits per heavy atom. The fourth-order valence-corrected chi connectivity index (χ4v) is 3.16. The molecule has 3 heteroatoms. The molecule has 108 valence electrons. The van der Waals surface area contributed by atoms with Crippen LogP contribution in [-0.2, 0) is 11.2 Å². The number of carbonyl (C=O) groups is 1. The highest BCUT2D eigenvalue weighted by atomic mass is 35.5. The molecule has 0 spiro atoms. The molecule has 2 nitrogen and oxygen atoms in total. The van der Waals surface area contributed by atoms with Gasteiger partial charge >= 0.3 is 0 Å². The molecule has 2 aromatic carbocycles. The topological polar surface area (TPSA) is 29.1 Å². The van der Waals surface area contributed by atoms with Crippen LogP contribution in [0, 0.1) is 13.8 Å². The van der Waals surface area contributed by atoms with Crippen LogP contribution in [0.25, 0.3) is 0 Å². The molecule has 1 heterocycles. The van der Waals surface area contributed by atoms with Crippen LogP contribution in [0.5, 0.6) is 0 Å². The molecule has 21 heavy (non-hydrogen) atoms.